The SMILES string of the molecule is CCOC(=O)[C@H](C)OC(=O)[C@@H]1C[C@H]2C=C[C@@H]1C2. The number of fused-ring (bicyclic) bond motifs is 2. The van der Waals surface area contributed by atoms with Crippen molar-refractivity contribution in [3.8, 4) is 0 Å². The Hall–Kier alpha value is -1.32. The molecule has 0 aromatic heterocycles. The summed E-state index contributed by atoms with van der Waals surface area (Å²) in [6, 6.07) is 0. The quantitative estimate of drug-likeness (QED) is 0.552. The van der Waals surface area contributed by atoms with E-state index in [1.165, 1.54) is 0 Å². The van der Waals surface area contributed by atoms with Crippen molar-refractivity contribution in [3.05, 3.63) is 12.2 Å². The van der Waals surface area contributed by atoms with Crippen LogP contribution in [0.4, 0.5) is 0 Å². The van der Waals surface area contributed by atoms with Crippen LogP contribution in [0.15, 0.2) is 12.2 Å². The number of allylic oxidation sites excluding steroid dienone is 2. The Balaban J connectivity index is 1.85. The first-order valence-electron chi connectivity index (χ1n) is 6.17. The molecule has 2 aliphatic carbocycles. The van der Waals surface area contributed by atoms with Gasteiger partial charge in [0.2, 0.25) is 0 Å². The first-order chi connectivity index (χ1) is 8.11. The Bertz CT molecular complexity index is 347. The molecule has 0 spiro atoms. The van der Waals surface area contributed by atoms with E-state index in [9.17, 15) is 9.59 Å². The molecule has 0 aromatic rings. The van der Waals surface area contributed by atoms with E-state index < -0.39 is 12.1 Å². The molecule has 4 atom stereocenters. The van der Waals surface area contributed by atoms with Gasteiger partial charge in [0.15, 0.2) is 6.10 Å². The molecule has 2 rings (SSSR count). The lowest BCUT2D eigenvalue weighted by atomic mass is 9.94. The summed E-state index contributed by atoms with van der Waals surface area (Å²) < 4.78 is 9.95. The van der Waals surface area contributed by atoms with Gasteiger partial charge >= 0.3 is 11.9 Å². The van der Waals surface area contributed by atoms with Crippen LogP contribution >= 0.6 is 0 Å². The zero-order valence-corrected chi connectivity index (χ0v) is 10.2. The van der Waals surface area contributed by atoms with Crippen molar-refractivity contribution < 1.29 is 19.1 Å². The molecule has 0 unspecified atom stereocenters. The van der Waals surface area contributed by atoms with Gasteiger partial charge in [0, 0.05) is 0 Å². The summed E-state index contributed by atoms with van der Waals surface area (Å²) >= 11 is 0. The van der Waals surface area contributed by atoms with E-state index in [4.69, 9.17) is 9.47 Å². The highest BCUT2D eigenvalue weighted by atomic mass is 16.6. The zero-order valence-electron chi connectivity index (χ0n) is 10.2. The molecule has 2 aliphatic rings. The fourth-order valence-electron chi connectivity index (χ4n) is 2.62. The van der Waals surface area contributed by atoms with Crippen molar-refractivity contribution in [2.45, 2.75) is 32.8 Å². The summed E-state index contributed by atoms with van der Waals surface area (Å²) in [5, 5.41) is 0. The maximum Gasteiger partial charge on any atom is 0.347 e. The maximum absolute atomic E-state index is 11.9. The standard InChI is InChI=1S/C13H18O4/c1-3-16-12(14)8(2)17-13(15)11-7-9-4-5-10(11)6-9/h4-5,8-11H,3,6-7H2,1-2H3/t8-,9-,10+,11+/m0/s1. The van der Waals surface area contributed by atoms with Crippen LogP contribution in [0.25, 0.3) is 0 Å². The molecule has 0 aromatic carbocycles. The van der Waals surface area contributed by atoms with Gasteiger partial charge in [-0.3, -0.25) is 4.79 Å². The van der Waals surface area contributed by atoms with E-state index >= 15 is 0 Å². The molecule has 94 valence electrons. The number of carbonyl (C=O) groups excluding carboxylic acids is 2. The zero-order chi connectivity index (χ0) is 12.4. The Morgan fingerprint density at radius 1 is 1.35 bits per heavy atom. The normalized spacial score (nSPS) is 31.3. The lowest BCUT2D eigenvalue weighted by Gasteiger charge is -2.19. The van der Waals surface area contributed by atoms with Crippen molar-refractivity contribution >= 4 is 11.9 Å². The van der Waals surface area contributed by atoms with Crippen molar-refractivity contribution in [1.29, 1.82) is 0 Å². The van der Waals surface area contributed by atoms with Crippen LogP contribution in [0, 0.1) is 17.8 Å². The van der Waals surface area contributed by atoms with Crippen LogP contribution in [0.1, 0.15) is 26.7 Å². The van der Waals surface area contributed by atoms with Gasteiger partial charge in [-0.05, 0) is 38.5 Å². The molecule has 1 fully saturated rings. The number of carbonyl (C=O) groups is 2. The molecule has 17 heavy (non-hydrogen) atoms. The Morgan fingerprint density at radius 3 is 2.65 bits per heavy atom. The average molecular weight is 238 g/mol. The summed E-state index contributed by atoms with van der Waals surface area (Å²) in [5.41, 5.74) is 0. The van der Waals surface area contributed by atoms with Gasteiger partial charge in [-0.2, -0.15) is 0 Å². The highest BCUT2D eigenvalue weighted by Gasteiger charge is 2.41. The first-order valence-corrected chi connectivity index (χ1v) is 6.17. The van der Waals surface area contributed by atoms with Crippen LogP contribution in [-0.4, -0.2) is 24.6 Å². The second kappa shape index (κ2) is 4.90. The van der Waals surface area contributed by atoms with Crippen LogP contribution in [0.2, 0.25) is 0 Å². The molecule has 4 nitrogen and oxygen atoms in total. The third kappa shape index (κ3) is 2.51. The second-order valence-electron chi connectivity index (χ2n) is 4.72. The Kier molecular flexibility index (Phi) is 3.50. The number of hydrogen-bond donors (Lipinski definition) is 0. The van der Waals surface area contributed by atoms with Crippen molar-refractivity contribution in [2.24, 2.45) is 17.8 Å². The highest BCUT2D eigenvalue weighted by Crippen LogP contribution is 2.43. The van der Waals surface area contributed by atoms with Gasteiger partial charge in [-0.25, -0.2) is 4.79 Å². The third-order valence-corrected chi connectivity index (χ3v) is 3.49. The molecule has 0 saturated heterocycles. The fraction of sp³-hybridized carbons (Fsp3) is 0.692. The van der Waals surface area contributed by atoms with E-state index in [-0.39, 0.29) is 11.9 Å². The molecular formula is C13H18O4. The van der Waals surface area contributed by atoms with Gasteiger partial charge in [-0.1, -0.05) is 12.2 Å². The smallest absolute Gasteiger partial charge is 0.347 e. The molecule has 0 radical (unpaired) electrons. The lowest BCUT2D eigenvalue weighted by molar-refractivity contribution is -0.169. The van der Waals surface area contributed by atoms with Crippen molar-refractivity contribution in [1.82, 2.24) is 0 Å². The Morgan fingerprint density at radius 2 is 2.12 bits per heavy atom. The topological polar surface area (TPSA) is 52.6 Å². The number of rotatable bonds is 4. The van der Waals surface area contributed by atoms with Gasteiger partial charge in [0.25, 0.3) is 0 Å². The van der Waals surface area contributed by atoms with Crippen molar-refractivity contribution in [2.75, 3.05) is 6.61 Å². The lowest BCUT2D eigenvalue weighted by Crippen LogP contribution is -2.31. The summed E-state index contributed by atoms with van der Waals surface area (Å²) in [7, 11) is 0. The molecule has 1 saturated carbocycles. The number of hydrogen-bond acceptors (Lipinski definition) is 4. The number of ether oxygens (including phenoxy) is 2. The molecule has 0 amide bonds. The summed E-state index contributed by atoms with van der Waals surface area (Å²) in [4.78, 5) is 23.2. The van der Waals surface area contributed by atoms with Crippen LogP contribution < -0.4 is 0 Å². The predicted octanol–water partition coefficient (Wildman–Crippen LogP) is 1.69. The van der Waals surface area contributed by atoms with Gasteiger partial charge in [0.05, 0.1) is 12.5 Å². The van der Waals surface area contributed by atoms with Crippen molar-refractivity contribution in [3.63, 3.8) is 0 Å². The van der Waals surface area contributed by atoms with E-state index in [2.05, 4.69) is 12.2 Å². The predicted molar refractivity (Wildman–Crippen MR) is 61.0 cm³/mol. The second-order valence-corrected chi connectivity index (χ2v) is 4.72. The summed E-state index contributed by atoms with van der Waals surface area (Å²) in [5.74, 6) is 0.0289. The minimum absolute atomic E-state index is 0.0677. The minimum atomic E-state index is -0.800. The van der Waals surface area contributed by atoms with E-state index in [0.29, 0.717) is 18.4 Å². The maximum atomic E-state index is 11.9. The molecular weight excluding hydrogens is 220 g/mol. The molecule has 0 aliphatic heterocycles. The molecule has 0 N–H and O–H groups in total. The van der Waals surface area contributed by atoms with Crippen LogP contribution in [-0.2, 0) is 19.1 Å². The largest absolute Gasteiger partial charge is 0.463 e. The Labute approximate surface area is 101 Å². The summed E-state index contributed by atoms with van der Waals surface area (Å²) in [6.45, 7) is 3.59. The minimum Gasteiger partial charge on any atom is -0.463 e. The van der Waals surface area contributed by atoms with E-state index in [1.54, 1.807) is 13.8 Å². The number of esters is 2. The molecule has 2 bridgehead atoms. The fourth-order valence-corrected chi connectivity index (χ4v) is 2.62. The van der Waals surface area contributed by atoms with Crippen LogP contribution in [0.5, 0.6) is 0 Å². The summed E-state index contributed by atoms with van der Waals surface area (Å²) in [6.07, 6.45) is 5.37. The third-order valence-electron chi connectivity index (χ3n) is 3.49. The average Bonchev–Trinajstić information content (AvgIpc) is 2.90. The van der Waals surface area contributed by atoms with Crippen LogP contribution in [0.3, 0.4) is 0 Å². The van der Waals surface area contributed by atoms with E-state index in [1.807, 2.05) is 0 Å². The monoisotopic (exact) mass is 238 g/mol. The van der Waals surface area contributed by atoms with Gasteiger partial charge < -0.3 is 9.47 Å². The van der Waals surface area contributed by atoms with Gasteiger partial charge in [-0.15, -0.1) is 0 Å². The first kappa shape index (κ1) is 12.1. The highest BCUT2D eigenvalue weighted by molar-refractivity contribution is 5.80. The van der Waals surface area contributed by atoms with Gasteiger partial charge in [0.1, 0.15) is 0 Å². The van der Waals surface area contributed by atoms with E-state index in [0.717, 1.165) is 12.8 Å². The molecule has 0 heterocycles. The molecule has 4 heteroatoms.